The monoisotopic (exact) mass is 422 g/mol. The Kier molecular flexibility index (Phi) is 6.49. The van der Waals surface area contributed by atoms with Crippen molar-refractivity contribution in [3.8, 4) is 0 Å². The number of amides is 3. The molecule has 4 rings (SSSR count). The predicted octanol–water partition coefficient (Wildman–Crippen LogP) is 2.76. The Morgan fingerprint density at radius 1 is 1.00 bits per heavy atom. The number of carbonyl (C=O) groups excluding carboxylic acids is 2. The fraction of sp³-hybridized carbons (Fsp3) is 0.304. The van der Waals surface area contributed by atoms with Gasteiger partial charge in [-0.15, -0.1) is 0 Å². The highest BCUT2D eigenvalue weighted by molar-refractivity contribution is 5.99. The summed E-state index contributed by atoms with van der Waals surface area (Å²) in [4.78, 5) is 27.3. The van der Waals surface area contributed by atoms with Gasteiger partial charge >= 0.3 is 11.9 Å². The van der Waals surface area contributed by atoms with Gasteiger partial charge in [0.05, 0.1) is 19.3 Å². The number of aryl methyl sites for hydroxylation is 1. The van der Waals surface area contributed by atoms with E-state index in [0.717, 1.165) is 29.6 Å². The number of rotatable bonds is 5. The lowest BCUT2D eigenvalue weighted by molar-refractivity contribution is 0.0339. The van der Waals surface area contributed by atoms with Crippen LogP contribution in [-0.2, 0) is 4.74 Å². The minimum absolute atomic E-state index is 0.175. The summed E-state index contributed by atoms with van der Waals surface area (Å²) in [5.41, 5.74) is 7.21. The number of hydrogen-bond donors (Lipinski definition) is 3. The summed E-state index contributed by atoms with van der Waals surface area (Å²) >= 11 is 0. The molecule has 3 N–H and O–H groups in total. The lowest BCUT2D eigenvalue weighted by Gasteiger charge is -2.31. The third kappa shape index (κ3) is 5.04. The smallest absolute Gasteiger partial charge is 0.334 e. The molecule has 3 amide bonds. The summed E-state index contributed by atoms with van der Waals surface area (Å²) in [6.45, 7) is 5.45. The molecule has 8 nitrogen and oxygen atoms in total. The number of hydrazine groups is 1. The lowest BCUT2D eigenvalue weighted by atomic mass is 10.1. The Balaban J connectivity index is 1.38. The molecule has 0 radical (unpaired) electrons. The Hall–Kier alpha value is -3.36. The molecule has 1 aromatic heterocycles. The van der Waals surface area contributed by atoms with Gasteiger partial charge in [-0.3, -0.25) is 15.1 Å². The van der Waals surface area contributed by atoms with Gasteiger partial charge in [0.2, 0.25) is 0 Å². The highest BCUT2D eigenvalue weighted by atomic mass is 16.5. The average molecular weight is 422 g/mol. The Morgan fingerprint density at radius 2 is 1.71 bits per heavy atom. The van der Waals surface area contributed by atoms with Gasteiger partial charge in [0.1, 0.15) is 5.58 Å². The van der Waals surface area contributed by atoms with Crippen molar-refractivity contribution >= 4 is 22.9 Å². The van der Waals surface area contributed by atoms with E-state index in [1.54, 1.807) is 6.07 Å². The number of nitrogens with zero attached hydrogens (tertiary/aromatic N) is 1. The fourth-order valence-electron chi connectivity index (χ4n) is 3.72. The number of urea groups is 1. The van der Waals surface area contributed by atoms with Crippen LogP contribution in [-0.4, -0.2) is 49.7 Å². The van der Waals surface area contributed by atoms with Crippen molar-refractivity contribution in [1.29, 1.82) is 0 Å². The molecule has 3 aromatic rings. The maximum atomic E-state index is 12.6. The van der Waals surface area contributed by atoms with Gasteiger partial charge in [0.15, 0.2) is 5.76 Å². The number of ether oxygens (including phenoxy) is 1. The summed E-state index contributed by atoms with van der Waals surface area (Å²) in [5, 5.41) is 3.82. The number of carbonyl (C=O) groups is 2. The van der Waals surface area contributed by atoms with Crippen LogP contribution in [0.4, 0.5) is 4.79 Å². The molecule has 162 valence electrons. The second-order valence-electron chi connectivity index (χ2n) is 7.48. The molecule has 2 aromatic carbocycles. The van der Waals surface area contributed by atoms with Crippen molar-refractivity contribution in [2.24, 2.45) is 0 Å². The van der Waals surface area contributed by atoms with Crippen molar-refractivity contribution in [3.05, 3.63) is 71.5 Å². The van der Waals surface area contributed by atoms with E-state index in [9.17, 15) is 9.59 Å². The van der Waals surface area contributed by atoms with E-state index in [2.05, 4.69) is 21.1 Å². The van der Waals surface area contributed by atoms with Gasteiger partial charge < -0.3 is 14.5 Å². The first kappa shape index (κ1) is 20.9. The summed E-state index contributed by atoms with van der Waals surface area (Å²) in [6.07, 6.45) is 0. The van der Waals surface area contributed by atoms with Crippen molar-refractivity contribution < 1.29 is 18.7 Å². The molecule has 2 heterocycles. The largest absolute Gasteiger partial charge is 0.451 e. The van der Waals surface area contributed by atoms with E-state index >= 15 is 0 Å². The minimum atomic E-state index is -0.506. The zero-order valence-electron chi connectivity index (χ0n) is 17.4. The minimum Gasteiger partial charge on any atom is -0.451 e. The van der Waals surface area contributed by atoms with Gasteiger partial charge in [0, 0.05) is 30.6 Å². The van der Waals surface area contributed by atoms with Crippen LogP contribution in [0.2, 0.25) is 0 Å². The van der Waals surface area contributed by atoms with Crippen molar-refractivity contribution in [1.82, 2.24) is 21.1 Å². The first-order valence-electron chi connectivity index (χ1n) is 10.3. The zero-order chi connectivity index (χ0) is 21.6. The van der Waals surface area contributed by atoms with Crippen LogP contribution >= 0.6 is 0 Å². The summed E-state index contributed by atoms with van der Waals surface area (Å²) in [6, 6.07) is 16.5. The Morgan fingerprint density at radius 3 is 2.45 bits per heavy atom. The van der Waals surface area contributed by atoms with E-state index < -0.39 is 11.9 Å². The Bertz CT molecular complexity index is 1040. The molecule has 0 aliphatic carbocycles. The quantitative estimate of drug-likeness (QED) is 0.550. The molecule has 31 heavy (non-hydrogen) atoms. The molecule has 8 heteroatoms. The second kappa shape index (κ2) is 9.63. The number of nitrogens with one attached hydrogen (secondary N) is 3. The highest BCUT2D eigenvalue weighted by Crippen LogP contribution is 2.24. The lowest BCUT2D eigenvalue weighted by Crippen LogP contribution is -2.50. The van der Waals surface area contributed by atoms with Gasteiger partial charge in [-0.1, -0.05) is 48.5 Å². The summed E-state index contributed by atoms with van der Waals surface area (Å²) in [5.74, 6) is -0.331. The number of fused-ring (bicyclic) bond motifs is 1. The van der Waals surface area contributed by atoms with Gasteiger partial charge in [-0.05, 0) is 18.6 Å². The summed E-state index contributed by atoms with van der Waals surface area (Å²) < 4.78 is 11.1. The molecule has 0 saturated carbocycles. The number of furan rings is 1. The SMILES string of the molecule is Cc1c(C(=O)NNC(=O)NC(CN2CCOCC2)c2ccccc2)oc2ccccc12. The van der Waals surface area contributed by atoms with E-state index in [4.69, 9.17) is 9.15 Å². The van der Waals surface area contributed by atoms with Crippen LogP contribution in [0.15, 0.2) is 59.0 Å². The topological polar surface area (TPSA) is 95.8 Å². The van der Waals surface area contributed by atoms with Gasteiger partial charge in [-0.25, -0.2) is 10.2 Å². The first-order valence-corrected chi connectivity index (χ1v) is 10.3. The fourth-order valence-corrected chi connectivity index (χ4v) is 3.72. The van der Waals surface area contributed by atoms with Gasteiger partial charge in [-0.2, -0.15) is 0 Å². The second-order valence-corrected chi connectivity index (χ2v) is 7.48. The van der Waals surface area contributed by atoms with E-state index in [1.807, 2.05) is 55.5 Å². The predicted molar refractivity (Wildman–Crippen MR) is 117 cm³/mol. The molecule has 0 bridgehead atoms. The normalized spacial score (nSPS) is 15.4. The number of hydrogen-bond acceptors (Lipinski definition) is 5. The molecule has 1 saturated heterocycles. The van der Waals surface area contributed by atoms with Crippen molar-refractivity contribution in [3.63, 3.8) is 0 Å². The van der Waals surface area contributed by atoms with Crippen molar-refractivity contribution in [2.75, 3.05) is 32.8 Å². The first-order chi connectivity index (χ1) is 15.1. The molecule has 1 aliphatic heterocycles. The number of para-hydroxylation sites is 1. The molecule has 1 atom stereocenters. The van der Waals surface area contributed by atoms with Crippen LogP contribution in [0.25, 0.3) is 11.0 Å². The molecule has 0 spiro atoms. The zero-order valence-corrected chi connectivity index (χ0v) is 17.4. The maximum Gasteiger partial charge on any atom is 0.334 e. The van der Waals surface area contributed by atoms with Crippen LogP contribution in [0.1, 0.15) is 27.7 Å². The highest BCUT2D eigenvalue weighted by Gasteiger charge is 2.21. The van der Waals surface area contributed by atoms with Crippen LogP contribution in [0.5, 0.6) is 0 Å². The van der Waals surface area contributed by atoms with Crippen LogP contribution in [0, 0.1) is 6.92 Å². The third-order valence-corrected chi connectivity index (χ3v) is 5.39. The molecule has 1 unspecified atom stereocenters. The molecular formula is C23H26N4O4. The van der Waals surface area contributed by atoms with Gasteiger partial charge in [0.25, 0.3) is 0 Å². The Labute approximate surface area is 180 Å². The standard InChI is InChI=1S/C23H26N4O4/c1-16-18-9-5-6-10-20(18)31-21(16)22(28)25-26-23(29)24-19(17-7-3-2-4-8-17)15-27-11-13-30-14-12-27/h2-10,19H,11-15H2,1H3,(H,25,28)(H2,24,26,29). The summed E-state index contributed by atoms with van der Waals surface area (Å²) in [7, 11) is 0. The van der Waals surface area contributed by atoms with Crippen LogP contribution in [0.3, 0.4) is 0 Å². The average Bonchev–Trinajstić information content (AvgIpc) is 3.15. The van der Waals surface area contributed by atoms with E-state index in [0.29, 0.717) is 25.3 Å². The third-order valence-electron chi connectivity index (χ3n) is 5.39. The maximum absolute atomic E-state index is 12.6. The van der Waals surface area contributed by atoms with E-state index in [1.165, 1.54) is 0 Å². The van der Waals surface area contributed by atoms with Crippen molar-refractivity contribution in [2.45, 2.75) is 13.0 Å². The molecule has 1 aliphatic rings. The molecule has 1 fully saturated rings. The number of benzene rings is 2. The number of morpholine rings is 1. The van der Waals surface area contributed by atoms with Crippen LogP contribution < -0.4 is 16.2 Å². The van der Waals surface area contributed by atoms with E-state index in [-0.39, 0.29) is 11.8 Å². The molecular weight excluding hydrogens is 396 g/mol.